The third kappa shape index (κ3) is 3.82. The van der Waals surface area contributed by atoms with Crippen LogP contribution in [-0.4, -0.2) is 18.5 Å². The first-order chi connectivity index (χ1) is 10.0. The minimum atomic E-state index is -0.238. The number of benzene rings is 2. The van der Waals surface area contributed by atoms with Crippen LogP contribution in [-0.2, 0) is 0 Å². The Bertz CT molecular complexity index is 586. The Kier molecular flexibility index (Phi) is 5.34. The van der Waals surface area contributed by atoms with Gasteiger partial charge in [-0.3, -0.25) is 4.90 Å². The summed E-state index contributed by atoms with van der Waals surface area (Å²) < 4.78 is 13.4. The van der Waals surface area contributed by atoms with Gasteiger partial charge in [0.05, 0.1) is 0 Å². The normalized spacial score (nSPS) is 14.2. The second-order valence-electron chi connectivity index (χ2n) is 5.20. The number of nitrogens with two attached hydrogens (primary N) is 1. The Morgan fingerprint density at radius 3 is 2.38 bits per heavy atom. The Balaban J connectivity index is 2.23. The molecule has 0 saturated heterocycles. The van der Waals surface area contributed by atoms with Gasteiger partial charge in [0.15, 0.2) is 0 Å². The third-order valence-corrected chi connectivity index (χ3v) is 4.16. The van der Waals surface area contributed by atoms with Crippen LogP contribution in [0.3, 0.4) is 0 Å². The van der Waals surface area contributed by atoms with Crippen molar-refractivity contribution in [1.29, 1.82) is 0 Å². The Labute approximate surface area is 130 Å². The van der Waals surface area contributed by atoms with Crippen LogP contribution in [0.1, 0.15) is 30.1 Å². The third-order valence-electron chi connectivity index (χ3n) is 3.91. The highest BCUT2D eigenvalue weighted by atomic mass is 35.5. The second kappa shape index (κ2) is 7.03. The quantitative estimate of drug-likeness (QED) is 0.898. The fourth-order valence-corrected chi connectivity index (χ4v) is 2.62. The van der Waals surface area contributed by atoms with Crippen molar-refractivity contribution in [1.82, 2.24) is 4.90 Å². The summed E-state index contributed by atoms with van der Waals surface area (Å²) in [6.07, 6.45) is 0. The SMILES string of the molecule is CC(c1ccc(Cl)cc1)N(C)C(CN)c1cccc(F)c1. The fraction of sp³-hybridized carbons (Fsp3) is 0.294. The summed E-state index contributed by atoms with van der Waals surface area (Å²) in [6, 6.07) is 14.5. The van der Waals surface area contributed by atoms with E-state index in [1.165, 1.54) is 6.07 Å². The van der Waals surface area contributed by atoms with Crippen molar-refractivity contribution in [2.24, 2.45) is 5.73 Å². The average molecular weight is 307 g/mol. The van der Waals surface area contributed by atoms with Gasteiger partial charge in [-0.05, 0) is 49.4 Å². The van der Waals surface area contributed by atoms with E-state index in [1.54, 1.807) is 12.1 Å². The van der Waals surface area contributed by atoms with Gasteiger partial charge in [-0.15, -0.1) is 0 Å². The molecule has 2 atom stereocenters. The van der Waals surface area contributed by atoms with Crippen LogP contribution < -0.4 is 5.73 Å². The van der Waals surface area contributed by atoms with E-state index in [0.29, 0.717) is 11.6 Å². The molecule has 2 N–H and O–H groups in total. The van der Waals surface area contributed by atoms with Crippen molar-refractivity contribution < 1.29 is 4.39 Å². The van der Waals surface area contributed by atoms with E-state index in [9.17, 15) is 4.39 Å². The fourth-order valence-electron chi connectivity index (χ4n) is 2.50. The van der Waals surface area contributed by atoms with E-state index >= 15 is 0 Å². The molecular weight excluding hydrogens is 287 g/mol. The number of hydrogen-bond acceptors (Lipinski definition) is 2. The van der Waals surface area contributed by atoms with Crippen molar-refractivity contribution in [3.8, 4) is 0 Å². The molecule has 2 aromatic rings. The number of likely N-dealkylation sites (N-methyl/N-ethyl adjacent to an activating group) is 1. The predicted octanol–water partition coefficient (Wildman–Crippen LogP) is 4.17. The molecule has 21 heavy (non-hydrogen) atoms. The zero-order valence-electron chi connectivity index (χ0n) is 12.3. The summed E-state index contributed by atoms with van der Waals surface area (Å²) >= 11 is 5.92. The molecule has 0 saturated carbocycles. The lowest BCUT2D eigenvalue weighted by molar-refractivity contribution is 0.190. The van der Waals surface area contributed by atoms with Crippen LogP contribution in [0.15, 0.2) is 48.5 Å². The van der Waals surface area contributed by atoms with Gasteiger partial charge in [0.1, 0.15) is 5.82 Å². The van der Waals surface area contributed by atoms with Crippen LogP contribution >= 0.6 is 11.6 Å². The van der Waals surface area contributed by atoms with Gasteiger partial charge in [-0.25, -0.2) is 4.39 Å². The molecule has 2 aromatic carbocycles. The van der Waals surface area contributed by atoms with Crippen LogP contribution in [0.25, 0.3) is 0 Å². The zero-order chi connectivity index (χ0) is 15.4. The first kappa shape index (κ1) is 16.0. The van der Waals surface area contributed by atoms with Gasteiger partial charge in [-0.2, -0.15) is 0 Å². The molecule has 0 aliphatic carbocycles. The lowest BCUT2D eigenvalue weighted by atomic mass is 10.0. The predicted molar refractivity (Wildman–Crippen MR) is 85.8 cm³/mol. The summed E-state index contributed by atoms with van der Waals surface area (Å²) in [5.74, 6) is -0.238. The smallest absolute Gasteiger partial charge is 0.123 e. The molecule has 0 spiro atoms. The molecule has 4 heteroatoms. The summed E-state index contributed by atoms with van der Waals surface area (Å²) in [7, 11) is 2.00. The summed E-state index contributed by atoms with van der Waals surface area (Å²) in [5, 5.41) is 0.717. The van der Waals surface area contributed by atoms with Crippen LogP contribution in [0, 0.1) is 5.82 Å². The molecular formula is C17H20ClFN2. The average Bonchev–Trinajstić information content (AvgIpc) is 2.48. The number of nitrogens with zero attached hydrogens (tertiary/aromatic N) is 1. The van der Waals surface area contributed by atoms with Crippen molar-refractivity contribution in [3.63, 3.8) is 0 Å². The minimum Gasteiger partial charge on any atom is -0.329 e. The molecule has 0 amide bonds. The Morgan fingerprint density at radius 1 is 1.14 bits per heavy atom. The van der Waals surface area contributed by atoms with Crippen LogP contribution in [0.2, 0.25) is 5.02 Å². The standard InChI is InChI=1S/C17H20ClFN2/c1-12(13-6-8-15(18)9-7-13)21(2)17(11-20)14-4-3-5-16(19)10-14/h3-10,12,17H,11,20H2,1-2H3. The van der Waals surface area contributed by atoms with E-state index in [1.807, 2.05) is 37.4 Å². The van der Waals surface area contributed by atoms with Gasteiger partial charge < -0.3 is 5.73 Å². The maximum Gasteiger partial charge on any atom is 0.123 e. The summed E-state index contributed by atoms with van der Waals surface area (Å²) in [4.78, 5) is 2.15. The van der Waals surface area contributed by atoms with Gasteiger partial charge >= 0.3 is 0 Å². The van der Waals surface area contributed by atoms with E-state index < -0.39 is 0 Å². The Morgan fingerprint density at radius 2 is 1.81 bits per heavy atom. The first-order valence-electron chi connectivity index (χ1n) is 6.96. The highest BCUT2D eigenvalue weighted by Gasteiger charge is 2.21. The maximum absolute atomic E-state index is 13.4. The highest BCUT2D eigenvalue weighted by Crippen LogP contribution is 2.29. The molecule has 2 rings (SSSR count). The van der Waals surface area contributed by atoms with E-state index in [-0.39, 0.29) is 17.9 Å². The minimum absolute atomic E-state index is 0.0358. The van der Waals surface area contributed by atoms with E-state index in [4.69, 9.17) is 17.3 Å². The summed E-state index contributed by atoms with van der Waals surface area (Å²) in [6.45, 7) is 2.53. The molecule has 0 fully saturated rings. The monoisotopic (exact) mass is 306 g/mol. The molecule has 112 valence electrons. The van der Waals surface area contributed by atoms with Gasteiger partial charge in [0.25, 0.3) is 0 Å². The largest absolute Gasteiger partial charge is 0.329 e. The lowest BCUT2D eigenvalue weighted by Crippen LogP contribution is -2.32. The number of halogens is 2. The molecule has 0 radical (unpaired) electrons. The van der Waals surface area contributed by atoms with Crippen LogP contribution in [0.5, 0.6) is 0 Å². The topological polar surface area (TPSA) is 29.3 Å². The van der Waals surface area contributed by atoms with Crippen molar-refractivity contribution in [3.05, 3.63) is 70.5 Å². The molecule has 2 nitrogen and oxygen atoms in total. The number of hydrogen-bond donors (Lipinski definition) is 1. The Hall–Kier alpha value is -1.42. The van der Waals surface area contributed by atoms with Crippen molar-refractivity contribution in [2.45, 2.75) is 19.0 Å². The van der Waals surface area contributed by atoms with E-state index in [2.05, 4.69) is 11.8 Å². The molecule has 0 aliphatic rings. The van der Waals surface area contributed by atoms with Crippen molar-refractivity contribution >= 4 is 11.6 Å². The highest BCUT2D eigenvalue weighted by molar-refractivity contribution is 6.30. The molecule has 0 aromatic heterocycles. The summed E-state index contributed by atoms with van der Waals surface area (Å²) in [5.41, 5.74) is 7.95. The lowest BCUT2D eigenvalue weighted by Gasteiger charge is -2.33. The first-order valence-corrected chi connectivity index (χ1v) is 7.33. The molecule has 2 unspecified atom stereocenters. The van der Waals surface area contributed by atoms with Crippen LogP contribution in [0.4, 0.5) is 4.39 Å². The maximum atomic E-state index is 13.4. The van der Waals surface area contributed by atoms with E-state index in [0.717, 1.165) is 11.1 Å². The molecule has 0 bridgehead atoms. The molecule has 0 aliphatic heterocycles. The second-order valence-corrected chi connectivity index (χ2v) is 5.64. The van der Waals surface area contributed by atoms with Crippen molar-refractivity contribution in [2.75, 3.05) is 13.6 Å². The van der Waals surface area contributed by atoms with Gasteiger partial charge in [-0.1, -0.05) is 35.9 Å². The zero-order valence-corrected chi connectivity index (χ0v) is 13.0. The van der Waals surface area contributed by atoms with Gasteiger partial charge in [0, 0.05) is 23.7 Å². The number of rotatable bonds is 5. The molecule has 0 heterocycles. The van der Waals surface area contributed by atoms with Gasteiger partial charge in [0.2, 0.25) is 0 Å².